The van der Waals surface area contributed by atoms with Gasteiger partial charge in [-0.2, -0.15) is 0 Å². The maximum atomic E-state index is 13.9. The molecule has 8 heteroatoms. The van der Waals surface area contributed by atoms with Crippen molar-refractivity contribution in [2.75, 3.05) is 5.32 Å². The first-order chi connectivity index (χ1) is 12.4. The van der Waals surface area contributed by atoms with Crippen molar-refractivity contribution in [1.29, 1.82) is 0 Å². The van der Waals surface area contributed by atoms with Gasteiger partial charge in [0.25, 0.3) is 11.8 Å². The minimum Gasteiger partial charge on any atom is -0.481 e. The van der Waals surface area contributed by atoms with Crippen LogP contribution in [0.4, 0.5) is 14.5 Å². The minimum atomic E-state index is -1.03. The number of hydrogen-bond acceptors (Lipinski definition) is 4. The van der Waals surface area contributed by atoms with Crippen LogP contribution >= 0.6 is 0 Å². The Bertz CT molecular complexity index is 986. The van der Waals surface area contributed by atoms with E-state index in [4.69, 9.17) is 14.9 Å². The van der Waals surface area contributed by atoms with E-state index in [1.165, 1.54) is 6.92 Å². The van der Waals surface area contributed by atoms with Gasteiger partial charge in [0.2, 0.25) is 5.76 Å². The molecule has 0 aliphatic rings. The Morgan fingerprint density at radius 1 is 1.19 bits per heavy atom. The maximum Gasteiger partial charge on any atom is 0.286 e. The second kappa shape index (κ2) is 6.83. The summed E-state index contributed by atoms with van der Waals surface area (Å²) < 4.78 is 38.0. The fraction of sp³-hybridized carbons (Fsp3) is 0.111. The Morgan fingerprint density at radius 2 is 1.88 bits per heavy atom. The number of carbonyl (C=O) groups excluding carboxylic acids is 2. The van der Waals surface area contributed by atoms with Crippen LogP contribution in [-0.4, -0.2) is 17.9 Å². The third-order valence-corrected chi connectivity index (χ3v) is 3.61. The number of primary amides is 1. The molecule has 2 aromatic carbocycles. The first-order valence-electron chi connectivity index (χ1n) is 7.60. The summed E-state index contributed by atoms with van der Waals surface area (Å²) in [5.74, 6) is -3.62. The van der Waals surface area contributed by atoms with Crippen molar-refractivity contribution in [3.63, 3.8) is 0 Å². The molecule has 3 rings (SSSR count). The Kier molecular flexibility index (Phi) is 4.57. The summed E-state index contributed by atoms with van der Waals surface area (Å²) in [5.41, 5.74) is 4.62. The van der Waals surface area contributed by atoms with E-state index in [1.807, 2.05) is 0 Å². The van der Waals surface area contributed by atoms with Crippen molar-refractivity contribution in [1.82, 2.24) is 0 Å². The smallest absolute Gasteiger partial charge is 0.286 e. The predicted molar refractivity (Wildman–Crippen MR) is 89.8 cm³/mol. The molecule has 0 radical (unpaired) electrons. The number of amides is 2. The number of nitrogens with one attached hydrogen (secondary N) is 1. The Hall–Kier alpha value is -3.42. The summed E-state index contributed by atoms with van der Waals surface area (Å²) >= 11 is 0. The van der Waals surface area contributed by atoms with E-state index in [2.05, 4.69) is 5.32 Å². The van der Waals surface area contributed by atoms with E-state index in [-0.39, 0.29) is 16.7 Å². The largest absolute Gasteiger partial charge is 0.481 e. The number of fused-ring (bicyclic) bond motifs is 1. The lowest BCUT2D eigenvalue weighted by Gasteiger charge is -2.14. The molecule has 0 fully saturated rings. The Balaban J connectivity index is 1.93. The number of ether oxygens (including phenoxy) is 1. The number of nitrogens with two attached hydrogens (primary N) is 1. The topological polar surface area (TPSA) is 94.6 Å². The molecule has 6 nitrogen and oxygen atoms in total. The standard InChI is InChI=1S/C18H14F2N2O4/c1-9(25-11-5-3-2-4-6-11)18(24)22-14-12-7-10(19)8-13(20)15(12)26-16(14)17(21)23/h2-9H,1H3,(H2,21,23)(H,22,24). The van der Waals surface area contributed by atoms with Gasteiger partial charge in [0, 0.05) is 6.07 Å². The highest BCUT2D eigenvalue weighted by Gasteiger charge is 2.25. The SMILES string of the molecule is CC(Oc1ccccc1)C(=O)Nc1c(C(N)=O)oc2c(F)cc(F)cc12. The number of para-hydroxylation sites is 1. The predicted octanol–water partition coefficient (Wildman–Crippen LogP) is 3.22. The second-order valence-electron chi connectivity index (χ2n) is 5.50. The fourth-order valence-corrected chi connectivity index (χ4v) is 2.40. The van der Waals surface area contributed by atoms with Crippen molar-refractivity contribution in [2.45, 2.75) is 13.0 Å². The quantitative estimate of drug-likeness (QED) is 0.730. The van der Waals surface area contributed by atoms with Crippen LogP contribution in [0.1, 0.15) is 17.5 Å². The molecule has 26 heavy (non-hydrogen) atoms. The molecule has 1 atom stereocenters. The van der Waals surface area contributed by atoms with Crippen LogP contribution in [0, 0.1) is 11.6 Å². The van der Waals surface area contributed by atoms with E-state index in [0.29, 0.717) is 11.8 Å². The van der Waals surface area contributed by atoms with Gasteiger partial charge in [-0.3, -0.25) is 9.59 Å². The van der Waals surface area contributed by atoms with Crippen molar-refractivity contribution in [3.8, 4) is 5.75 Å². The number of anilines is 1. The Labute approximate surface area is 146 Å². The average molecular weight is 360 g/mol. The van der Waals surface area contributed by atoms with Gasteiger partial charge in [-0.15, -0.1) is 0 Å². The average Bonchev–Trinajstić information content (AvgIpc) is 2.95. The van der Waals surface area contributed by atoms with Crippen molar-refractivity contribution < 1.29 is 27.5 Å². The Morgan fingerprint density at radius 3 is 2.54 bits per heavy atom. The van der Waals surface area contributed by atoms with Crippen LogP contribution in [0.25, 0.3) is 11.0 Å². The molecule has 3 aromatic rings. The normalized spacial score (nSPS) is 12.0. The highest BCUT2D eigenvalue weighted by molar-refractivity contribution is 6.11. The first kappa shape index (κ1) is 17.4. The molecule has 134 valence electrons. The van der Waals surface area contributed by atoms with Gasteiger partial charge >= 0.3 is 0 Å². The number of carbonyl (C=O) groups is 2. The van der Waals surface area contributed by atoms with Gasteiger partial charge in [-0.25, -0.2) is 8.78 Å². The van der Waals surface area contributed by atoms with E-state index >= 15 is 0 Å². The lowest BCUT2D eigenvalue weighted by Crippen LogP contribution is -2.30. The van der Waals surface area contributed by atoms with Crippen molar-refractivity contribution in [3.05, 3.63) is 59.9 Å². The zero-order chi connectivity index (χ0) is 18.8. The summed E-state index contributed by atoms with van der Waals surface area (Å²) in [4.78, 5) is 23.9. The van der Waals surface area contributed by atoms with Gasteiger partial charge in [0.05, 0.1) is 5.39 Å². The van der Waals surface area contributed by atoms with Crippen LogP contribution in [0.3, 0.4) is 0 Å². The van der Waals surface area contributed by atoms with Crippen LogP contribution in [-0.2, 0) is 4.79 Å². The zero-order valence-electron chi connectivity index (χ0n) is 13.6. The van der Waals surface area contributed by atoms with E-state index in [1.54, 1.807) is 30.3 Å². The van der Waals surface area contributed by atoms with Gasteiger partial charge in [0.15, 0.2) is 17.5 Å². The summed E-state index contributed by atoms with van der Waals surface area (Å²) in [6, 6.07) is 10.1. The lowest BCUT2D eigenvalue weighted by atomic mass is 10.2. The van der Waals surface area contributed by atoms with E-state index in [0.717, 1.165) is 6.07 Å². The molecule has 0 saturated heterocycles. The maximum absolute atomic E-state index is 13.9. The highest BCUT2D eigenvalue weighted by Crippen LogP contribution is 2.33. The van der Waals surface area contributed by atoms with Crippen LogP contribution in [0.15, 0.2) is 46.9 Å². The van der Waals surface area contributed by atoms with Gasteiger partial charge in [0.1, 0.15) is 17.3 Å². The molecule has 0 spiro atoms. The number of benzene rings is 2. The zero-order valence-corrected chi connectivity index (χ0v) is 13.6. The van der Waals surface area contributed by atoms with Gasteiger partial charge in [-0.05, 0) is 25.1 Å². The molecular formula is C18H14F2N2O4. The number of hydrogen-bond donors (Lipinski definition) is 2. The lowest BCUT2D eigenvalue weighted by molar-refractivity contribution is -0.122. The van der Waals surface area contributed by atoms with Crippen LogP contribution < -0.4 is 15.8 Å². The third kappa shape index (κ3) is 3.34. The number of furan rings is 1. The highest BCUT2D eigenvalue weighted by atomic mass is 19.1. The molecule has 0 aliphatic carbocycles. The summed E-state index contributed by atoms with van der Waals surface area (Å²) in [7, 11) is 0. The molecule has 3 N–H and O–H groups in total. The monoisotopic (exact) mass is 360 g/mol. The summed E-state index contributed by atoms with van der Waals surface area (Å²) in [5, 5.41) is 2.28. The molecule has 1 aromatic heterocycles. The van der Waals surface area contributed by atoms with Crippen LogP contribution in [0.2, 0.25) is 0 Å². The van der Waals surface area contributed by atoms with E-state index < -0.39 is 35.3 Å². The molecular weight excluding hydrogens is 346 g/mol. The summed E-state index contributed by atoms with van der Waals surface area (Å²) in [6.45, 7) is 1.48. The minimum absolute atomic E-state index is 0.114. The third-order valence-electron chi connectivity index (χ3n) is 3.61. The molecule has 1 unspecified atom stereocenters. The van der Waals surface area contributed by atoms with Gasteiger partial charge < -0.3 is 20.2 Å². The molecule has 0 saturated carbocycles. The van der Waals surface area contributed by atoms with Gasteiger partial charge in [-0.1, -0.05) is 18.2 Å². The fourth-order valence-electron chi connectivity index (χ4n) is 2.40. The molecule has 1 heterocycles. The molecule has 0 bridgehead atoms. The van der Waals surface area contributed by atoms with E-state index in [9.17, 15) is 18.4 Å². The number of rotatable bonds is 5. The van der Waals surface area contributed by atoms with Crippen molar-refractivity contribution >= 4 is 28.5 Å². The molecule has 0 aliphatic heterocycles. The second-order valence-corrected chi connectivity index (χ2v) is 5.50. The van der Waals surface area contributed by atoms with Crippen LogP contribution in [0.5, 0.6) is 5.75 Å². The molecule has 2 amide bonds. The van der Waals surface area contributed by atoms with Crippen molar-refractivity contribution in [2.24, 2.45) is 5.73 Å². The number of halogens is 2. The first-order valence-corrected chi connectivity index (χ1v) is 7.60. The summed E-state index contributed by atoms with van der Waals surface area (Å²) in [6.07, 6.45) is -0.957.